The average Bonchev–Trinajstić information content (AvgIpc) is 3.05. The van der Waals surface area contributed by atoms with Gasteiger partial charge in [0.05, 0.1) is 5.56 Å². The number of para-hydroxylation sites is 2. The molecule has 5 rings (SSSR count). The van der Waals surface area contributed by atoms with Crippen molar-refractivity contribution in [3.63, 3.8) is 0 Å². The number of aromatic nitrogens is 1. The normalized spacial score (nSPS) is 12.8. The minimum atomic E-state index is 0.256. The van der Waals surface area contributed by atoms with Crippen LogP contribution in [0.2, 0.25) is 0 Å². The molecule has 0 fully saturated rings. The molecule has 3 aromatic carbocycles. The first-order valence-electron chi connectivity index (χ1n) is 8.10. The summed E-state index contributed by atoms with van der Waals surface area (Å²) in [5.41, 5.74) is 6.63. The summed E-state index contributed by atoms with van der Waals surface area (Å²) in [6.07, 6.45) is 1.94. The van der Waals surface area contributed by atoms with Crippen LogP contribution in [0.25, 0.3) is 33.7 Å². The molecule has 24 heavy (non-hydrogen) atoms. The summed E-state index contributed by atoms with van der Waals surface area (Å²) in [6.45, 7) is 0. The van der Waals surface area contributed by atoms with Crippen molar-refractivity contribution in [2.75, 3.05) is 0 Å². The molecule has 1 heterocycles. The monoisotopic (exact) mass is 313 g/mol. The average molecular weight is 313 g/mol. The van der Waals surface area contributed by atoms with Crippen LogP contribution in [-0.2, 0) is 12.8 Å². The van der Waals surface area contributed by atoms with E-state index in [0.29, 0.717) is 11.5 Å². The summed E-state index contributed by atoms with van der Waals surface area (Å²) < 4.78 is 5.84. The van der Waals surface area contributed by atoms with Gasteiger partial charge in [-0.05, 0) is 47.7 Å². The number of oxazole rings is 1. The molecule has 0 saturated carbocycles. The number of aromatic hydroxyl groups is 1. The molecule has 1 N–H and O–H groups in total. The Morgan fingerprint density at radius 2 is 1.58 bits per heavy atom. The second kappa shape index (κ2) is 4.96. The molecule has 116 valence electrons. The van der Waals surface area contributed by atoms with E-state index in [9.17, 15) is 5.11 Å². The molecule has 0 aliphatic heterocycles. The Labute approximate surface area is 139 Å². The molecule has 1 aromatic heterocycles. The highest BCUT2D eigenvalue weighted by Crippen LogP contribution is 2.44. The maximum Gasteiger partial charge on any atom is 0.231 e. The Morgan fingerprint density at radius 3 is 2.50 bits per heavy atom. The number of benzene rings is 3. The second-order valence-corrected chi connectivity index (χ2v) is 6.14. The fourth-order valence-corrected chi connectivity index (χ4v) is 3.55. The first-order valence-corrected chi connectivity index (χ1v) is 8.10. The quantitative estimate of drug-likeness (QED) is 0.540. The zero-order valence-electron chi connectivity index (χ0n) is 13.0. The van der Waals surface area contributed by atoms with Crippen LogP contribution in [0.4, 0.5) is 0 Å². The van der Waals surface area contributed by atoms with Gasteiger partial charge >= 0.3 is 0 Å². The predicted molar refractivity (Wildman–Crippen MR) is 94.0 cm³/mol. The smallest absolute Gasteiger partial charge is 0.231 e. The van der Waals surface area contributed by atoms with Gasteiger partial charge in [-0.15, -0.1) is 0 Å². The number of aryl methyl sites for hydroxylation is 2. The lowest BCUT2D eigenvalue weighted by Crippen LogP contribution is -2.04. The van der Waals surface area contributed by atoms with Gasteiger partial charge in [-0.2, -0.15) is 0 Å². The van der Waals surface area contributed by atoms with Crippen LogP contribution in [0.3, 0.4) is 0 Å². The Bertz CT molecular complexity index is 1050. The third kappa shape index (κ3) is 1.88. The largest absolute Gasteiger partial charge is 0.506 e. The van der Waals surface area contributed by atoms with E-state index in [1.165, 1.54) is 11.1 Å². The summed E-state index contributed by atoms with van der Waals surface area (Å²) in [6, 6.07) is 19.9. The lowest BCUT2D eigenvalue weighted by molar-refractivity contribution is 0.475. The molecule has 1 aliphatic rings. The van der Waals surface area contributed by atoms with Crippen molar-refractivity contribution in [2.45, 2.75) is 12.8 Å². The Balaban J connectivity index is 1.75. The van der Waals surface area contributed by atoms with E-state index in [2.05, 4.69) is 23.2 Å². The lowest BCUT2D eigenvalue weighted by Gasteiger charge is -2.21. The highest BCUT2D eigenvalue weighted by atomic mass is 16.3. The number of phenols is 1. The highest BCUT2D eigenvalue weighted by Gasteiger charge is 2.23. The van der Waals surface area contributed by atoms with Crippen LogP contribution in [0, 0.1) is 0 Å². The Hall–Kier alpha value is -3.07. The van der Waals surface area contributed by atoms with Gasteiger partial charge in [0.1, 0.15) is 11.3 Å². The van der Waals surface area contributed by atoms with E-state index in [1.54, 1.807) is 0 Å². The molecule has 4 aromatic rings. The molecule has 0 bridgehead atoms. The SMILES string of the molecule is Oc1c(-c2nc3ccccc3o2)ccc2c1-c1ccccc1CC2. The van der Waals surface area contributed by atoms with E-state index in [1.807, 2.05) is 42.5 Å². The Morgan fingerprint density at radius 1 is 0.792 bits per heavy atom. The number of phenolic OH excluding ortho intramolecular Hbond substituents is 1. The number of hydrogen-bond acceptors (Lipinski definition) is 3. The van der Waals surface area contributed by atoms with Gasteiger partial charge in [0.25, 0.3) is 0 Å². The molecule has 0 amide bonds. The highest BCUT2D eigenvalue weighted by molar-refractivity contribution is 5.86. The topological polar surface area (TPSA) is 46.3 Å². The molecule has 0 saturated heterocycles. The predicted octanol–water partition coefficient (Wildman–Crippen LogP) is 4.97. The van der Waals surface area contributed by atoms with Gasteiger partial charge < -0.3 is 9.52 Å². The van der Waals surface area contributed by atoms with Gasteiger partial charge in [-0.25, -0.2) is 4.98 Å². The van der Waals surface area contributed by atoms with Crippen molar-refractivity contribution in [3.8, 4) is 28.3 Å². The minimum Gasteiger partial charge on any atom is -0.506 e. The van der Waals surface area contributed by atoms with Gasteiger partial charge in [-0.1, -0.05) is 42.5 Å². The summed E-state index contributed by atoms with van der Waals surface area (Å²) in [4.78, 5) is 4.52. The number of rotatable bonds is 1. The summed E-state index contributed by atoms with van der Waals surface area (Å²) in [7, 11) is 0. The molecular weight excluding hydrogens is 298 g/mol. The van der Waals surface area contributed by atoms with Gasteiger partial charge in [-0.3, -0.25) is 0 Å². The standard InChI is InChI=1S/C21H15NO2/c23-20-16(21-22-17-7-3-4-8-18(17)24-21)12-11-14-10-9-13-5-1-2-6-15(13)19(14)20/h1-8,11-12,23H,9-10H2. The zero-order valence-corrected chi connectivity index (χ0v) is 13.0. The van der Waals surface area contributed by atoms with Crippen molar-refractivity contribution in [3.05, 3.63) is 71.8 Å². The van der Waals surface area contributed by atoms with Crippen molar-refractivity contribution >= 4 is 11.1 Å². The van der Waals surface area contributed by atoms with Crippen LogP contribution >= 0.6 is 0 Å². The molecule has 3 heteroatoms. The molecule has 1 aliphatic carbocycles. The van der Waals surface area contributed by atoms with Gasteiger partial charge in [0.15, 0.2) is 5.58 Å². The van der Waals surface area contributed by atoms with Gasteiger partial charge in [0, 0.05) is 5.56 Å². The molecular formula is C21H15NO2. The number of fused-ring (bicyclic) bond motifs is 4. The maximum absolute atomic E-state index is 11.0. The first-order chi connectivity index (χ1) is 11.8. The van der Waals surface area contributed by atoms with Crippen LogP contribution in [0.5, 0.6) is 5.75 Å². The first kappa shape index (κ1) is 13.4. The molecule has 0 radical (unpaired) electrons. The van der Waals surface area contributed by atoms with Crippen molar-refractivity contribution in [1.29, 1.82) is 0 Å². The van der Waals surface area contributed by atoms with Crippen LogP contribution in [0.1, 0.15) is 11.1 Å². The van der Waals surface area contributed by atoms with E-state index in [-0.39, 0.29) is 5.75 Å². The van der Waals surface area contributed by atoms with E-state index in [0.717, 1.165) is 35.1 Å². The lowest BCUT2D eigenvalue weighted by atomic mass is 9.84. The summed E-state index contributed by atoms with van der Waals surface area (Å²) in [5, 5.41) is 11.0. The van der Waals surface area contributed by atoms with Gasteiger partial charge in [0.2, 0.25) is 5.89 Å². The molecule has 0 atom stereocenters. The van der Waals surface area contributed by atoms with E-state index >= 15 is 0 Å². The Kier molecular flexibility index (Phi) is 2.77. The van der Waals surface area contributed by atoms with Crippen molar-refractivity contribution in [2.24, 2.45) is 0 Å². The van der Waals surface area contributed by atoms with Crippen molar-refractivity contribution < 1.29 is 9.52 Å². The van der Waals surface area contributed by atoms with E-state index < -0.39 is 0 Å². The van der Waals surface area contributed by atoms with Crippen LogP contribution in [0.15, 0.2) is 65.1 Å². The van der Waals surface area contributed by atoms with Crippen molar-refractivity contribution in [1.82, 2.24) is 4.98 Å². The number of nitrogens with zero attached hydrogens (tertiary/aromatic N) is 1. The number of hydrogen-bond donors (Lipinski definition) is 1. The molecule has 0 spiro atoms. The summed E-state index contributed by atoms with van der Waals surface area (Å²) in [5.74, 6) is 0.714. The molecule has 0 unspecified atom stereocenters. The van der Waals surface area contributed by atoms with E-state index in [4.69, 9.17) is 4.42 Å². The fraction of sp³-hybridized carbons (Fsp3) is 0.0952. The summed E-state index contributed by atoms with van der Waals surface area (Å²) >= 11 is 0. The fourth-order valence-electron chi connectivity index (χ4n) is 3.55. The zero-order chi connectivity index (χ0) is 16.1. The third-order valence-corrected chi connectivity index (χ3v) is 4.74. The third-order valence-electron chi connectivity index (χ3n) is 4.74. The molecule has 3 nitrogen and oxygen atoms in total. The van der Waals surface area contributed by atoms with Crippen LogP contribution < -0.4 is 0 Å². The minimum absolute atomic E-state index is 0.256. The van der Waals surface area contributed by atoms with Crippen LogP contribution in [-0.4, -0.2) is 10.1 Å². The maximum atomic E-state index is 11.0. The second-order valence-electron chi connectivity index (χ2n) is 6.14.